The fourth-order valence-corrected chi connectivity index (χ4v) is 3.78. The van der Waals surface area contributed by atoms with E-state index in [0.29, 0.717) is 5.69 Å². The first-order valence-electron chi connectivity index (χ1n) is 8.43. The molecule has 6 heteroatoms. The fourth-order valence-electron chi connectivity index (χ4n) is 2.95. The summed E-state index contributed by atoms with van der Waals surface area (Å²) in [5.74, 6) is -0.199. The molecule has 0 atom stereocenters. The number of carbonyl (C=O) groups is 1. The van der Waals surface area contributed by atoms with E-state index in [9.17, 15) is 4.79 Å². The molecule has 4 rings (SSSR count). The number of pyridine rings is 1. The molecule has 0 aliphatic rings. The first kappa shape index (κ1) is 16.5. The lowest BCUT2D eigenvalue weighted by Crippen LogP contribution is -2.12. The van der Waals surface area contributed by atoms with E-state index >= 15 is 0 Å². The first-order valence-corrected chi connectivity index (χ1v) is 9.31. The Balaban J connectivity index is 1.65. The fraction of sp³-hybridized carbons (Fsp3) is 0.150. The van der Waals surface area contributed by atoms with Gasteiger partial charge in [-0.15, -0.1) is 11.3 Å². The normalized spacial score (nSPS) is 11.0. The lowest BCUT2D eigenvalue weighted by atomic mass is 10.2. The van der Waals surface area contributed by atoms with Crippen LogP contribution < -0.4 is 5.32 Å². The number of benzene rings is 1. The lowest BCUT2D eigenvalue weighted by Gasteiger charge is -2.03. The maximum absolute atomic E-state index is 12.5. The molecule has 4 aromatic rings. The van der Waals surface area contributed by atoms with E-state index in [-0.39, 0.29) is 5.91 Å². The summed E-state index contributed by atoms with van der Waals surface area (Å²) in [4.78, 5) is 21.5. The van der Waals surface area contributed by atoms with Crippen LogP contribution in [0.2, 0.25) is 0 Å². The molecular weight excluding hydrogens is 344 g/mol. The number of carbonyl (C=O) groups excluding carboxylic acids is 1. The molecule has 0 radical (unpaired) electrons. The Labute approximate surface area is 155 Å². The zero-order valence-electron chi connectivity index (χ0n) is 14.6. The minimum atomic E-state index is -0.199. The number of anilines is 1. The zero-order valence-corrected chi connectivity index (χ0v) is 15.4. The van der Waals surface area contributed by atoms with Crippen molar-refractivity contribution in [3.8, 4) is 10.6 Å². The molecule has 3 heterocycles. The summed E-state index contributed by atoms with van der Waals surface area (Å²) in [6.45, 7) is 4.91. The van der Waals surface area contributed by atoms with Crippen LogP contribution in [0.3, 0.4) is 0 Å². The molecule has 5 nitrogen and oxygen atoms in total. The monoisotopic (exact) mass is 362 g/mol. The average Bonchev–Trinajstić information content (AvgIpc) is 3.26. The number of nitrogens with one attached hydrogen (secondary N) is 1. The molecular formula is C20H18N4OS. The van der Waals surface area contributed by atoms with E-state index < -0.39 is 0 Å². The van der Waals surface area contributed by atoms with Gasteiger partial charge in [0.1, 0.15) is 16.3 Å². The summed E-state index contributed by atoms with van der Waals surface area (Å²) in [6.07, 6.45) is 3.85. The molecule has 0 saturated carbocycles. The van der Waals surface area contributed by atoms with Gasteiger partial charge in [0.2, 0.25) is 0 Å². The molecule has 0 unspecified atom stereocenters. The first-order chi connectivity index (χ1) is 12.7. The number of hydrogen-bond donors (Lipinski definition) is 1. The predicted molar refractivity (Wildman–Crippen MR) is 106 cm³/mol. The van der Waals surface area contributed by atoms with Crippen molar-refractivity contribution in [1.82, 2.24) is 14.5 Å². The maximum Gasteiger partial charge on any atom is 0.275 e. The maximum atomic E-state index is 12.5. The summed E-state index contributed by atoms with van der Waals surface area (Å²) in [5.41, 5.74) is 4.24. The summed E-state index contributed by atoms with van der Waals surface area (Å²) >= 11 is 1.47. The van der Waals surface area contributed by atoms with Gasteiger partial charge in [-0.05, 0) is 43.7 Å². The second-order valence-corrected chi connectivity index (χ2v) is 6.92. The van der Waals surface area contributed by atoms with Crippen LogP contribution in [-0.4, -0.2) is 20.4 Å². The predicted octanol–water partition coefficient (Wildman–Crippen LogP) is 4.74. The van der Waals surface area contributed by atoms with Crippen LogP contribution in [0.1, 0.15) is 23.0 Å². The molecule has 0 fully saturated rings. The average molecular weight is 362 g/mol. The number of aryl methyl sites for hydroxylation is 2. The number of amides is 1. The number of aromatic nitrogens is 3. The van der Waals surface area contributed by atoms with Crippen LogP contribution >= 0.6 is 11.3 Å². The number of fused-ring (bicyclic) bond motifs is 1. The molecule has 130 valence electrons. The second kappa shape index (κ2) is 6.72. The summed E-state index contributed by atoms with van der Waals surface area (Å²) in [6, 6.07) is 11.7. The highest BCUT2D eigenvalue weighted by Gasteiger charge is 2.16. The minimum Gasteiger partial charge on any atom is -0.332 e. The van der Waals surface area contributed by atoms with Gasteiger partial charge in [0.25, 0.3) is 5.91 Å². The Morgan fingerprint density at radius 1 is 1.27 bits per heavy atom. The largest absolute Gasteiger partial charge is 0.332 e. The third-order valence-corrected chi connectivity index (χ3v) is 5.09. The third kappa shape index (κ3) is 2.99. The second-order valence-electron chi connectivity index (χ2n) is 6.06. The summed E-state index contributed by atoms with van der Waals surface area (Å²) in [5, 5.41) is 6.58. The van der Waals surface area contributed by atoms with Gasteiger partial charge in [0, 0.05) is 41.0 Å². The van der Waals surface area contributed by atoms with E-state index in [4.69, 9.17) is 0 Å². The molecule has 0 bridgehead atoms. The van der Waals surface area contributed by atoms with Crippen molar-refractivity contribution in [1.29, 1.82) is 0 Å². The van der Waals surface area contributed by atoms with Crippen molar-refractivity contribution in [2.75, 3.05) is 5.32 Å². The van der Waals surface area contributed by atoms with E-state index in [1.54, 1.807) is 11.6 Å². The van der Waals surface area contributed by atoms with Crippen molar-refractivity contribution in [3.05, 3.63) is 65.4 Å². The zero-order chi connectivity index (χ0) is 18.1. The van der Waals surface area contributed by atoms with Gasteiger partial charge < -0.3 is 9.88 Å². The minimum absolute atomic E-state index is 0.199. The number of hydrogen-bond acceptors (Lipinski definition) is 4. The van der Waals surface area contributed by atoms with Crippen molar-refractivity contribution in [2.24, 2.45) is 0 Å². The van der Waals surface area contributed by atoms with Crippen molar-refractivity contribution in [2.45, 2.75) is 20.4 Å². The van der Waals surface area contributed by atoms with E-state index in [1.807, 2.05) is 43.3 Å². The topological polar surface area (TPSA) is 59.8 Å². The van der Waals surface area contributed by atoms with Crippen LogP contribution in [0.15, 0.2) is 54.2 Å². The SMILES string of the molecule is CCn1cc(-c2nc(C(=O)Nc3cccc(C)c3)cs2)c2cccnc21. The highest BCUT2D eigenvalue weighted by Crippen LogP contribution is 2.32. The van der Waals surface area contributed by atoms with Crippen molar-refractivity contribution in [3.63, 3.8) is 0 Å². The van der Waals surface area contributed by atoms with Crippen molar-refractivity contribution < 1.29 is 4.79 Å². The molecule has 1 aromatic carbocycles. The van der Waals surface area contributed by atoms with E-state index in [1.165, 1.54) is 11.3 Å². The Kier molecular flexibility index (Phi) is 4.26. The van der Waals surface area contributed by atoms with Gasteiger partial charge in [0.15, 0.2) is 0 Å². The third-order valence-electron chi connectivity index (χ3n) is 4.22. The number of nitrogens with zero attached hydrogens (tertiary/aromatic N) is 3. The smallest absolute Gasteiger partial charge is 0.275 e. The molecule has 26 heavy (non-hydrogen) atoms. The summed E-state index contributed by atoms with van der Waals surface area (Å²) in [7, 11) is 0. The van der Waals surface area contributed by atoms with Crippen molar-refractivity contribution >= 4 is 34.0 Å². The highest BCUT2D eigenvalue weighted by atomic mass is 32.1. The van der Waals surface area contributed by atoms with Crippen LogP contribution in [0.25, 0.3) is 21.6 Å². The Morgan fingerprint density at radius 2 is 2.15 bits per heavy atom. The van der Waals surface area contributed by atoms with Crippen LogP contribution in [-0.2, 0) is 6.54 Å². The van der Waals surface area contributed by atoms with Crippen LogP contribution in [0, 0.1) is 6.92 Å². The standard InChI is InChI=1S/C20H18N4OS/c1-3-24-11-16(15-8-5-9-21-18(15)24)20-23-17(12-26-20)19(25)22-14-7-4-6-13(2)10-14/h4-12H,3H2,1-2H3,(H,22,25). The quantitative estimate of drug-likeness (QED) is 0.570. The van der Waals surface area contributed by atoms with E-state index in [2.05, 4.69) is 33.0 Å². The molecule has 0 saturated heterocycles. The van der Waals surface area contributed by atoms with E-state index in [0.717, 1.165) is 39.4 Å². The van der Waals surface area contributed by atoms with Crippen LogP contribution in [0.4, 0.5) is 5.69 Å². The summed E-state index contributed by atoms with van der Waals surface area (Å²) < 4.78 is 2.10. The molecule has 0 aliphatic carbocycles. The van der Waals surface area contributed by atoms with Gasteiger partial charge in [-0.25, -0.2) is 9.97 Å². The van der Waals surface area contributed by atoms with Gasteiger partial charge in [0.05, 0.1) is 0 Å². The van der Waals surface area contributed by atoms with Gasteiger partial charge >= 0.3 is 0 Å². The number of thiazole rings is 1. The lowest BCUT2D eigenvalue weighted by molar-refractivity contribution is 0.102. The molecule has 1 N–H and O–H groups in total. The molecule has 0 aliphatic heterocycles. The highest BCUT2D eigenvalue weighted by molar-refractivity contribution is 7.13. The number of rotatable bonds is 4. The van der Waals surface area contributed by atoms with Gasteiger partial charge in [-0.3, -0.25) is 4.79 Å². The van der Waals surface area contributed by atoms with Gasteiger partial charge in [-0.1, -0.05) is 12.1 Å². The van der Waals surface area contributed by atoms with Gasteiger partial charge in [-0.2, -0.15) is 0 Å². The Morgan fingerprint density at radius 3 is 2.96 bits per heavy atom. The molecule has 1 amide bonds. The Hall–Kier alpha value is -2.99. The molecule has 0 spiro atoms. The molecule has 3 aromatic heterocycles. The Bertz CT molecular complexity index is 1100. The van der Waals surface area contributed by atoms with Crippen LogP contribution in [0.5, 0.6) is 0 Å².